The number of nitrogens with zero attached hydrogens (tertiary/aromatic N) is 1. The Bertz CT molecular complexity index is 424. The Hall–Kier alpha value is -2.35. The standard InChI is InChI=1S/C11H13NO3.C2H3N/c1-8(13)12-10(11(14)15)7-9-5-3-2-4-6-9;1-2-3/h2-6,10H,7H2,1H3,(H,12,13)(H,14,15);1H3. The Balaban J connectivity index is 0.000000873. The van der Waals surface area contributed by atoms with Crippen molar-refractivity contribution in [2.45, 2.75) is 26.3 Å². The van der Waals surface area contributed by atoms with Gasteiger partial charge in [-0.2, -0.15) is 5.26 Å². The average molecular weight is 248 g/mol. The van der Waals surface area contributed by atoms with Crippen LogP contribution >= 0.6 is 0 Å². The number of carboxylic acids is 1. The summed E-state index contributed by atoms with van der Waals surface area (Å²) in [5.74, 6) is -1.35. The van der Waals surface area contributed by atoms with E-state index in [1.54, 1.807) is 6.07 Å². The van der Waals surface area contributed by atoms with E-state index in [2.05, 4.69) is 5.32 Å². The zero-order valence-corrected chi connectivity index (χ0v) is 10.4. The summed E-state index contributed by atoms with van der Waals surface area (Å²) < 4.78 is 0. The number of nitrogens with one attached hydrogen (secondary N) is 1. The highest BCUT2D eigenvalue weighted by Gasteiger charge is 2.18. The minimum absolute atomic E-state index is 0.301. The highest BCUT2D eigenvalue weighted by atomic mass is 16.4. The number of rotatable bonds is 4. The first kappa shape index (κ1) is 15.7. The van der Waals surface area contributed by atoms with E-state index in [4.69, 9.17) is 10.4 Å². The lowest BCUT2D eigenvalue weighted by Gasteiger charge is -2.12. The molecular weight excluding hydrogens is 232 g/mol. The van der Waals surface area contributed by atoms with Gasteiger partial charge in [-0.15, -0.1) is 0 Å². The Morgan fingerprint density at radius 1 is 1.39 bits per heavy atom. The van der Waals surface area contributed by atoms with Crippen molar-refractivity contribution in [2.75, 3.05) is 0 Å². The van der Waals surface area contributed by atoms with Gasteiger partial charge in [-0.1, -0.05) is 30.3 Å². The fourth-order valence-corrected chi connectivity index (χ4v) is 1.30. The van der Waals surface area contributed by atoms with Crippen LogP contribution < -0.4 is 5.32 Å². The van der Waals surface area contributed by atoms with Gasteiger partial charge in [0.2, 0.25) is 5.91 Å². The molecule has 96 valence electrons. The van der Waals surface area contributed by atoms with Gasteiger partial charge in [0.05, 0.1) is 6.07 Å². The van der Waals surface area contributed by atoms with E-state index in [1.807, 2.05) is 30.3 Å². The van der Waals surface area contributed by atoms with E-state index in [0.29, 0.717) is 6.42 Å². The predicted molar refractivity (Wildman–Crippen MR) is 66.7 cm³/mol. The van der Waals surface area contributed by atoms with Crippen molar-refractivity contribution in [3.05, 3.63) is 35.9 Å². The van der Waals surface area contributed by atoms with Gasteiger partial charge < -0.3 is 10.4 Å². The molecule has 0 aliphatic rings. The first-order valence-corrected chi connectivity index (χ1v) is 5.36. The summed E-state index contributed by atoms with van der Waals surface area (Å²) in [5.41, 5.74) is 0.888. The fraction of sp³-hybridized carbons (Fsp3) is 0.308. The number of hydrogen-bond donors (Lipinski definition) is 2. The summed E-state index contributed by atoms with van der Waals surface area (Å²) in [6.07, 6.45) is 0.301. The van der Waals surface area contributed by atoms with Crippen molar-refractivity contribution in [2.24, 2.45) is 0 Å². The smallest absolute Gasteiger partial charge is 0.326 e. The van der Waals surface area contributed by atoms with E-state index >= 15 is 0 Å². The zero-order valence-electron chi connectivity index (χ0n) is 10.4. The molecular formula is C13H16N2O3. The van der Waals surface area contributed by atoms with Crippen LogP contribution in [0.1, 0.15) is 19.4 Å². The Morgan fingerprint density at radius 2 is 1.89 bits per heavy atom. The molecule has 2 N–H and O–H groups in total. The summed E-state index contributed by atoms with van der Waals surface area (Å²) in [6.45, 7) is 2.74. The molecule has 1 aromatic carbocycles. The first-order valence-electron chi connectivity index (χ1n) is 5.36. The number of nitriles is 1. The van der Waals surface area contributed by atoms with Crippen molar-refractivity contribution >= 4 is 11.9 Å². The number of hydrogen-bond acceptors (Lipinski definition) is 3. The zero-order chi connectivity index (χ0) is 14.0. The van der Waals surface area contributed by atoms with E-state index in [-0.39, 0.29) is 5.91 Å². The van der Waals surface area contributed by atoms with Gasteiger partial charge in [-0.3, -0.25) is 4.79 Å². The third-order valence-electron chi connectivity index (χ3n) is 1.96. The summed E-state index contributed by atoms with van der Waals surface area (Å²) in [5, 5.41) is 18.6. The van der Waals surface area contributed by atoms with Crippen LogP contribution in [-0.2, 0) is 16.0 Å². The maximum Gasteiger partial charge on any atom is 0.326 e. The second kappa shape index (κ2) is 8.76. The molecule has 1 amide bonds. The van der Waals surface area contributed by atoms with Gasteiger partial charge in [0.25, 0.3) is 0 Å². The minimum atomic E-state index is -1.02. The van der Waals surface area contributed by atoms with E-state index in [0.717, 1.165) is 5.56 Å². The van der Waals surface area contributed by atoms with E-state index < -0.39 is 12.0 Å². The Morgan fingerprint density at radius 3 is 2.28 bits per heavy atom. The first-order chi connectivity index (χ1) is 8.51. The van der Waals surface area contributed by atoms with Crippen LogP contribution in [0.3, 0.4) is 0 Å². The summed E-state index contributed by atoms with van der Waals surface area (Å²) in [7, 11) is 0. The van der Waals surface area contributed by atoms with Crippen molar-refractivity contribution in [3.63, 3.8) is 0 Å². The molecule has 0 saturated carbocycles. The largest absolute Gasteiger partial charge is 0.480 e. The predicted octanol–water partition coefficient (Wildman–Crippen LogP) is 1.35. The Labute approximate surface area is 106 Å². The van der Waals surface area contributed by atoms with Crippen LogP contribution in [-0.4, -0.2) is 23.0 Å². The average Bonchev–Trinajstić information content (AvgIpc) is 2.30. The van der Waals surface area contributed by atoms with Gasteiger partial charge in [0, 0.05) is 20.3 Å². The molecule has 1 rings (SSSR count). The lowest BCUT2D eigenvalue weighted by atomic mass is 10.1. The van der Waals surface area contributed by atoms with Crippen LogP contribution in [0.5, 0.6) is 0 Å². The molecule has 0 spiro atoms. The molecule has 1 unspecified atom stereocenters. The molecule has 0 aromatic heterocycles. The number of carboxylic acid groups (broad SMARTS) is 1. The molecule has 0 saturated heterocycles. The third kappa shape index (κ3) is 7.01. The van der Waals surface area contributed by atoms with Gasteiger partial charge in [-0.25, -0.2) is 4.79 Å². The van der Waals surface area contributed by atoms with Gasteiger partial charge in [0.15, 0.2) is 0 Å². The molecule has 0 bridgehead atoms. The van der Waals surface area contributed by atoms with Crippen LogP contribution in [0, 0.1) is 11.3 Å². The van der Waals surface area contributed by atoms with Gasteiger partial charge in [0.1, 0.15) is 6.04 Å². The monoisotopic (exact) mass is 248 g/mol. The topological polar surface area (TPSA) is 90.2 Å². The lowest BCUT2D eigenvalue weighted by molar-refractivity contribution is -0.141. The van der Waals surface area contributed by atoms with E-state index in [9.17, 15) is 9.59 Å². The Kier molecular flexibility index (Phi) is 7.62. The highest BCUT2D eigenvalue weighted by molar-refractivity contribution is 5.82. The molecule has 1 aromatic rings. The van der Waals surface area contributed by atoms with Crippen molar-refractivity contribution in [1.82, 2.24) is 5.32 Å². The molecule has 0 aliphatic carbocycles. The highest BCUT2D eigenvalue weighted by Crippen LogP contribution is 2.03. The van der Waals surface area contributed by atoms with Crippen molar-refractivity contribution < 1.29 is 14.7 Å². The second-order valence-corrected chi connectivity index (χ2v) is 3.50. The maximum absolute atomic E-state index is 10.8. The molecule has 18 heavy (non-hydrogen) atoms. The lowest BCUT2D eigenvalue weighted by Crippen LogP contribution is -2.41. The molecule has 0 radical (unpaired) electrons. The van der Waals surface area contributed by atoms with Crippen LogP contribution in [0.2, 0.25) is 0 Å². The fourth-order valence-electron chi connectivity index (χ4n) is 1.30. The number of aliphatic carboxylic acids is 1. The quantitative estimate of drug-likeness (QED) is 0.841. The normalized spacial score (nSPS) is 10.3. The van der Waals surface area contributed by atoms with Crippen LogP contribution in [0.25, 0.3) is 0 Å². The number of carbonyl (C=O) groups excluding carboxylic acids is 1. The SMILES string of the molecule is CC#N.CC(=O)NC(Cc1ccccc1)C(=O)O. The number of carbonyl (C=O) groups is 2. The van der Waals surface area contributed by atoms with Gasteiger partial charge in [-0.05, 0) is 5.56 Å². The number of benzene rings is 1. The third-order valence-corrected chi connectivity index (χ3v) is 1.96. The molecule has 5 nitrogen and oxygen atoms in total. The molecule has 0 heterocycles. The van der Waals surface area contributed by atoms with Crippen molar-refractivity contribution in [1.29, 1.82) is 5.26 Å². The summed E-state index contributed by atoms with van der Waals surface area (Å²) in [6, 6.07) is 10.1. The second-order valence-electron chi connectivity index (χ2n) is 3.50. The molecule has 5 heteroatoms. The molecule has 1 atom stereocenters. The summed E-state index contributed by atoms with van der Waals surface area (Å²) >= 11 is 0. The van der Waals surface area contributed by atoms with Crippen molar-refractivity contribution in [3.8, 4) is 6.07 Å². The van der Waals surface area contributed by atoms with E-state index in [1.165, 1.54) is 13.8 Å². The number of amides is 1. The van der Waals surface area contributed by atoms with Crippen LogP contribution in [0.15, 0.2) is 30.3 Å². The maximum atomic E-state index is 10.8. The van der Waals surface area contributed by atoms with Crippen LogP contribution in [0.4, 0.5) is 0 Å². The molecule has 0 aliphatic heterocycles. The minimum Gasteiger partial charge on any atom is -0.480 e. The summed E-state index contributed by atoms with van der Waals surface area (Å²) in [4.78, 5) is 21.6. The van der Waals surface area contributed by atoms with Gasteiger partial charge >= 0.3 is 5.97 Å². The molecule has 0 fully saturated rings.